The maximum atomic E-state index is 13.2. The first-order chi connectivity index (χ1) is 7.06. The number of carbonyl (C=O) groups is 1. The SMILES string of the molecule is O=C(O)NC(CO)c1c(F)cccc1F. The molecule has 0 fully saturated rings. The van der Waals surface area contributed by atoms with Gasteiger partial charge in [0.1, 0.15) is 11.6 Å². The number of nitrogens with one attached hydrogen (secondary N) is 1. The molecule has 4 nitrogen and oxygen atoms in total. The molecular weight excluding hydrogens is 208 g/mol. The molecule has 0 aliphatic heterocycles. The number of hydrogen-bond acceptors (Lipinski definition) is 2. The summed E-state index contributed by atoms with van der Waals surface area (Å²) in [6, 6.07) is 1.84. The lowest BCUT2D eigenvalue weighted by atomic mass is 10.1. The van der Waals surface area contributed by atoms with Crippen LogP contribution in [0, 0.1) is 11.6 Å². The van der Waals surface area contributed by atoms with Gasteiger partial charge in [-0.05, 0) is 12.1 Å². The van der Waals surface area contributed by atoms with Gasteiger partial charge in [0.05, 0.1) is 12.6 Å². The minimum absolute atomic E-state index is 0.484. The summed E-state index contributed by atoms with van der Waals surface area (Å²) in [5.41, 5.74) is -0.484. The molecule has 1 rings (SSSR count). The van der Waals surface area contributed by atoms with Crippen LogP contribution in [0.5, 0.6) is 0 Å². The van der Waals surface area contributed by atoms with Crippen LogP contribution < -0.4 is 5.32 Å². The van der Waals surface area contributed by atoms with Crippen molar-refractivity contribution in [2.75, 3.05) is 6.61 Å². The number of rotatable bonds is 3. The highest BCUT2D eigenvalue weighted by Gasteiger charge is 2.20. The minimum atomic E-state index is -1.46. The summed E-state index contributed by atoms with van der Waals surface area (Å²) in [7, 11) is 0. The van der Waals surface area contributed by atoms with Gasteiger partial charge in [-0.25, -0.2) is 13.6 Å². The fraction of sp³-hybridized carbons (Fsp3) is 0.222. The fourth-order valence-corrected chi connectivity index (χ4v) is 1.20. The first-order valence-corrected chi connectivity index (χ1v) is 4.10. The molecule has 0 aromatic heterocycles. The largest absolute Gasteiger partial charge is 0.465 e. The van der Waals surface area contributed by atoms with Crippen LogP contribution >= 0.6 is 0 Å². The molecule has 0 heterocycles. The Balaban J connectivity index is 3.05. The third-order valence-electron chi connectivity index (χ3n) is 1.83. The molecule has 0 radical (unpaired) electrons. The van der Waals surface area contributed by atoms with E-state index in [1.54, 1.807) is 0 Å². The molecule has 1 aromatic carbocycles. The van der Waals surface area contributed by atoms with Gasteiger partial charge in [0.2, 0.25) is 0 Å². The van der Waals surface area contributed by atoms with Crippen LogP contribution in [0.25, 0.3) is 0 Å². The van der Waals surface area contributed by atoms with E-state index in [0.717, 1.165) is 18.2 Å². The Hall–Kier alpha value is -1.69. The molecule has 0 saturated carbocycles. The Bertz CT molecular complexity index is 350. The van der Waals surface area contributed by atoms with Crippen molar-refractivity contribution >= 4 is 6.09 Å². The molecule has 0 spiro atoms. The molecule has 0 saturated heterocycles. The second kappa shape index (κ2) is 4.70. The van der Waals surface area contributed by atoms with Crippen molar-refractivity contribution in [3.8, 4) is 0 Å². The van der Waals surface area contributed by atoms with Gasteiger partial charge in [0.25, 0.3) is 0 Å². The Morgan fingerprint density at radius 2 is 1.93 bits per heavy atom. The number of hydrogen-bond donors (Lipinski definition) is 3. The van der Waals surface area contributed by atoms with Gasteiger partial charge in [-0.3, -0.25) is 0 Å². The highest BCUT2D eigenvalue weighted by atomic mass is 19.1. The van der Waals surface area contributed by atoms with Crippen LogP contribution in [-0.2, 0) is 0 Å². The van der Waals surface area contributed by atoms with Crippen LogP contribution in [0.4, 0.5) is 13.6 Å². The van der Waals surface area contributed by atoms with Crippen molar-refractivity contribution in [1.82, 2.24) is 5.32 Å². The summed E-state index contributed by atoms with van der Waals surface area (Å²) in [5.74, 6) is -1.80. The smallest absolute Gasteiger partial charge is 0.405 e. The lowest BCUT2D eigenvalue weighted by Crippen LogP contribution is -2.30. The molecule has 0 aliphatic carbocycles. The van der Waals surface area contributed by atoms with Crippen molar-refractivity contribution in [3.05, 3.63) is 35.4 Å². The van der Waals surface area contributed by atoms with Crippen molar-refractivity contribution in [1.29, 1.82) is 0 Å². The number of aliphatic hydroxyl groups is 1. The number of halogens is 2. The molecule has 0 bridgehead atoms. The molecule has 6 heteroatoms. The maximum absolute atomic E-state index is 13.2. The van der Waals surface area contributed by atoms with E-state index < -0.39 is 35.9 Å². The molecule has 1 amide bonds. The van der Waals surface area contributed by atoms with Crippen molar-refractivity contribution in [2.24, 2.45) is 0 Å². The van der Waals surface area contributed by atoms with E-state index >= 15 is 0 Å². The summed E-state index contributed by atoms with van der Waals surface area (Å²) in [5, 5.41) is 19.0. The quantitative estimate of drug-likeness (QED) is 0.714. The third kappa shape index (κ3) is 2.63. The number of amides is 1. The fourth-order valence-electron chi connectivity index (χ4n) is 1.20. The van der Waals surface area contributed by atoms with Gasteiger partial charge in [0.15, 0.2) is 0 Å². The van der Waals surface area contributed by atoms with E-state index in [0.29, 0.717) is 0 Å². The zero-order valence-electron chi connectivity index (χ0n) is 7.58. The van der Waals surface area contributed by atoms with Gasteiger partial charge in [-0.15, -0.1) is 0 Å². The van der Waals surface area contributed by atoms with Gasteiger partial charge < -0.3 is 15.5 Å². The van der Waals surface area contributed by atoms with Crippen LogP contribution in [0.3, 0.4) is 0 Å². The zero-order valence-corrected chi connectivity index (χ0v) is 7.58. The van der Waals surface area contributed by atoms with E-state index in [2.05, 4.69) is 0 Å². The van der Waals surface area contributed by atoms with Gasteiger partial charge in [-0.1, -0.05) is 6.07 Å². The molecule has 0 aliphatic rings. The molecule has 3 N–H and O–H groups in total. The Labute approximate surface area is 84.2 Å². The Morgan fingerprint density at radius 3 is 2.33 bits per heavy atom. The second-order valence-electron chi connectivity index (χ2n) is 2.82. The summed E-state index contributed by atoms with van der Waals surface area (Å²) in [6.45, 7) is -0.718. The molecule has 1 unspecified atom stereocenters. The summed E-state index contributed by atoms with van der Waals surface area (Å²) in [6.07, 6.45) is -1.46. The van der Waals surface area contributed by atoms with Crippen molar-refractivity contribution in [2.45, 2.75) is 6.04 Å². The first-order valence-electron chi connectivity index (χ1n) is 4.10. The molecular formula is C9H9F2NO3. The highest BCUT2D eigenvalue weighted by Crippen LogP contribution is 2.20. The Kier molecular flexibility index (Phi) is 3.56. The highest BCUT2D eigenvalue weighted by molar-refractivity contribution is 5.65. The van der Waals surface area contributed by atoms with Gasteiger partial charge in [-0.2, -0.15) is 0 Å². The van der Waals surface area contributed by atoms with E-state index in [1.807, 2.05) is 5.32 Å². The topological polar surface area (TPSA) is 69.6 Å². The van der Waals surface area contributed by atoms with Crippen molar-refractivity contribution in [3.63, 3.8) is 0 Å². The van der Waals surface area contributed by atoms with E-state index in [-0.39, 0.29) is 0 Å². The Morgan fingerprint density at radius 1 is 1.40 bits per heavy atom. The zero-order chi connectivity index (χ0) is 11.4. The van der Waals surface area contributed by atoms with Crippen LogP contribution in [0.1, 0.15) is 11.6 Å². The van der Waals surface area contributed by atoms with Crippen LogP contribution in [0.15, 0.2) is 18.2 Å². The predicted molar refractivity (Wildman–Crippen MR) is 47.3 cm³/mol. The third-order valence-corrected chi connectivity index (χ3v) is 1.83. The predicted octanol–water partition coefficient (Wildman–Crippen LogP) is 1.27. The summed E-state index contributed by atoms with van der Waals surface area (Å²) >= 11 is 0. The molecule has 1 aromatic rings. The average Bonchev–Trinajstić information content (AvgIpc) is 2.15. The average molecular weight is 217 g/mol. The molecule has 82 valence electrons. The van der Waals surface area contributed by atoms with Crippen LogP contribution in [0.2, 0.25) is 0 Å². The normalized spacial score (nSPS) is 12.2. The van der Waals surface area contributed by atoms with Crippen LogP contribution in [-0.4, -0.2) is 22.9 Å². The molecule has 15 heavy (non-hydrogen) atoms. The van der Waals surface area contributed by atoms with E-state index in [1.165, 1.54) is 0 Å². The van der Waals surface area contributed by atoms with Gasteiger partial charge in [0, 0.05) is 5.56 Å². The lowest BCUT2D eigenvalue weighted by molar-refractivity contribution is 0.176. The number of carboxylic acid groups (broad SMARTS) is 1. The molecule has 1 atom stereocenters. The maximum Gasteiger partial charge on any atom is 0.405 e. The number of benzene rings is 1. The second-order valence-corrected chi connectivity index (χ2v) is 2.82. The van der Waals surface area contributed by atoms with Crippen molar-refractivity contribution < 1.29 is 23.8 Å². The van der Waals surface area contributed by atoms with E-state index in [4.69, 9.17) is 10.2 Å². The summed E-state index contributed by atoms with van der Waals surface area (Å²) in [4.78, 5) is 10.3. The lowest BCUT2D eigenvalue weighted by Gasteiger charge is -2.15. The van der Waals surface area contributed by atoms with Gasteiger partial charge >= 0.3 is 6.09 Å². The standard InChI is InChI=1S/C9H9F2NO3/c10-5-2-1-3-6(11)8(5)7(4-13)12-9(14)15/h1-3,7,12-13H,4H2,(H,14,15). The first kappa shape index (κ1) is 11.4. The summed E-state index contributed by atoms with van der Waals surface area (Å²) < 4.78 is 26.3. The number of aliphatic hydroxyl groups excluding tert-OH is 1. The van der Waals surface area contributed by atoms with E-state index in [9.17, 15) is 13.6 Å². The minimum Gasteiger partial charge on any atom is -0.465 e. The monoisotopic (exact) mass is 217 g/mol.